The number of carbonyl (C=O) groups is 2. The molecule has 2 amide bonds. The molecule has 0 fully saturated rings. The molecule has 2 N–H and O–H groups in total. The van der Waals surface area contributed by atoms with E-state index in [9.17, 15) is 9.59 Å². The highest BCUT2D eigenvalue weighted by Crippen LogP contribution is 2.42. The lowest BCUT2D eigenvalue weighted by atomic mass is 9.87. The Hall–Kier alpha value is -3.73. The monoisotopic (exact) mass is 522 g/mol. The highest BCUT2D eigenvalue weighted by Gasteiger charge is 2.30. The second-order valence-corrected chi connectivity index (χ2v) is 10.3. The number of amides is 2. The number of nitrogens with zero attached hydrogens (tertiary/aromatic N) is 4. The summed E-state index contributed by atoms with van der Waals surface area (Å²) in [6.07, 6.45) is 5.29. The van der Waals surface area contributed by atoms with Crippen molar-refractivity contribution in [1.29, 1.82) is 0 Å². The fraction of sp³-hybridized carbons (Fsp3) is 0.423. The van der Waals surface area contributed by atoms with Crippen molar-refractivity contribution < 1.29 is 19.1 Å². The largest absolute Gasteiger partial charge is 0.490 e. The van der Waals surface area contributed by atoms with Gasteiger partial charge in [0.05, 0.1) is 30.8 Å². The van der Waals surface area contributed by atoms with Crippen LogP contribution in [0.1, 0.15) is 34.9 Å². The van der Waals surface area contributed by atoms with Gasteiger partial charge in [-0.15, -0.1) is 11.3 Å². The molecule has 1 aliphatic heterocycles. The number of nitrogens with one attached hydrogen (secondary N) is 2. The number of rotatable bonds is 8. The van der Waals surface area contributed by atoms with Gasteiger partial charge >= 0.3 is 6.09 Å². The van der Waals surface area contributed by atoms with Crippen LogP contribution in [0.5, 0.6) is 5.75 Å². The number of hydrogen-bond donors (Lipinski definition) is 2. The van der Waals surface area contributed by atoms with Crippen LogP contribution in [-0.4, -0.2) is 66.9 Å². The number of ether oxygens (including phenoxy) is 2. The lowest BCUT2D eigenvalue weighted by Crippen LogP contribution is -2.32. The molecule has 2 aromatic heterocycles. The number of aliphatic imine (C=N–C) groups is 1. The van der Waals surface area contributed by atoms with E-state index in [0.29, 0.717) is 31.3 Å². The Morgan fingerprint density at radius 2 is 2.11 bits per heavy atom. The fourth-order valence-corrected chi connectivity index (χ4v) is 6.03. The summed E-state index contributed by atoms with van der Waals surface area (Å²) in [7, 11) is 3.62. The minimum absolute atomic E-state index is 0.000788. The fourth-order valence-electron chi connectivity index (χ4n) is 4.76. The van der Waals surface area contributed by atoms with E-state index in [2.05, 4.69) is 25.6 Å². The van der Waals surface area contributed by atoms with E-state index in [1.54, 1.807) is 29.5 Å². The lowest BCUT2D eigenvalue weighted by molar-refractivity contribution is -0.133. The van der Waals surface area contributed by atoms with Crippen molar-refractivity contribution in [3.63, 3.8) is 0 Å². The molecule has 0 unspecified atom stereocenters. The highest BCUT2D eigenvalue weighted by atomic mass is 32.1. The van der Waals surface area contributed by atoms with Crippen LogP contribution in [0.4, 0.5) is 16.3 Å². The van der Waals surface area contributed by atoms with Crippen molar-refractivity contribution in [1.82, 2.24) is 20.2 Å². The summed E-state index contributed by atoms with van der Waals surface area (Å²) in [5.41, 5.74) is 4.09. The molecule has 3 aromatic rings. The van der Waals surface area contributed by atoms with Crippen molar-refractivity contribution >= 4 is 51.3 Å². The Kier molecular flexibility index (Phi) is 7.22. The number of thiophene rings is 1. The summed E-state index contributed by atoms with van der Waals surface area (Å²) in [5.74, 6) is 1.54. The van der Waals surface area contributed by atoms with Gasteiger partial charge in [0, 0.05) is 31.1 Å². The van der Waals surface area contributed by atoms with Gasteiger partial charge in [0.15, 0.2) is 0 Å². The molecule has 5 rings (SSSR count). The average molecular weight is 523 g/mol. The summed E-state index contributed by atoms with van der Waals surface area (Å²) in [5, 5.41) is 7.16. The zero-order valence-electron chi connectivity index (χ0n) is 21.2. The van der Waals surface area contributed by atoms with Gasteiger partial charge in [-0.25, -0.2) is 14.8 Å². The lowest BCUT2D eigenvalue weighted by Gasteiger charge is -2.24. The molecule has 37 heavy (non-hydrogen) atoms. The number of aromatic nitrogens is 2. The van der Waals surface area contributed by atoms with Gasteiger partial charge in [-0.3, -0.25) is 9.79 Å². The average Bonchev–Trinajstić information content (AvgIpc) is 3.50. The van der Waals surface area contributed by atoms with Crippen molar-refractivity contribution in [2.45, 2.75) is 32.7 Å². The molecule has 3 heterocycles. The summed E-state index contributed by atoms with van der Waals surface area (Å²) in [6.45, 7) is 3.28. The molecule has 0 bridgehead atoms. The van der Waals surface area contributed by atoms with Crippen LogP contribution in [0, 0.1) is 5.92 Å². The molecular weight excluding hydrogens is 492 g/mol. The number of alkyl carbamates (subject to hydrolysis) is 1. The normalized spacial score (nSPS) is 15.7. The van der Waals surface area contributed by atoms with E-state index < -0.39 is 6.09 Å². The first-order valence-corrected chi connectivity index (χ1v) is 13.2. The highest BCUT2D eigenvalue weighted by molar-refractivity contribution is 7.19. The molecule has 0 spiro atoms. The van der Waals surface area contributed by atoms with Crippen molar-refractivity contribution in [3.05, 3.63) is 40.0 Å². The van der Waals surface area contributed by atoms with Crippen LogP contribution < -0.4 is 15.4 Å². The van der Waals surface area contributed by atoms with Crippen molar-refractivity contribution in [2.75, 3.05) is 39.2 Å². The zero-order valence-corrected chi connectivity index (χ0v) is 22.0. The zero-order chi connectivity index (χ0) is 25.9. The molecule has 1 aliphatic carbocycles. The predicted molar refractivity (Wildman–Crippen MR) is 143 cm³/mol. The van der Waals surface area contributed by atoms with Crippen molar-refractivity contribution in [3.8, 4) is 5.75 Å². The van der Waals surface area contributed by atoms with Gasteiger partial charge in [0.2, 0.25) is 5.91 Å². The Morgan fingerprint density at radius 3 is 2.92 bits per heavy atom. The number of hydrogen-bond acceptors (Lipinski definition) is 9. The number of anilines is 2. The smallest absolute Gasteiger partial charge is 0.407 e. The third-order valence-corrected chi connectivity index (χ3v) is 7.69. The first kappa shape index (κ1) is 24.9. The maximum absolute atomic E-state index is 12.6. The SMILES string of the molecule is CCOC(=O)NCCOc1cc2c(cc1Nc1ncnc3sc4c(c13)CC[C@H](C(=O)N(C)C)C4)C=NC2. The van der Waals surface area contributed by atoms with Gasteiger partial charge in [-0.1, -0.05) is 0 Å². The summed E-state index contributed by atoms with van der Waals surface area (Å²) < 4.78 is 11.0. The Bertz CT molecular complexity index is 1370. The topological polar surface area (TPSA) is 118 Å². The van der Waals surface area contributed by atoms with E-state index >= 15 is 0 Å². The molecule has 0 saturated carbocycles. The Labute approximate surface area is 219 Å². The van der Waals surface area contributed by atoms with E-state index in [1.165, 1.54) is 10.4 Å². The maximum atomic E-state index is 12.6. The molecule has 1 aromatic carbocycles. The molecule has 194 valence electrons. The van der Waals surface area contributed by atoms with Gasteiger partial charge in [-0.05, 0) is 55.0 Å². The van der Waals surface area contributed by atoms with Gasteiger partial charge < -0.3 is 25.0 Å². The minimum Gasteiger partial charge on any atom is -0.490 e. The number of aryl methyl sites for hydroxylation is 1. The molecule has 10 nitrogen and oxygen atoms in total. The molecular formula is C26H30N6O4S. The summed E-state index contributed by atoms with van der Waals surface area (Å²) in [6, 6.07) is 3.99. The van der Waals surface area contributed by atoms with Crippen LogP contribution >= 0.6 is 11.3 Å². The maximum Gasteiger partial charge on any atom is 0.407 e. The number of fused-ring (bicyclic) bond motifs is 4. The van der Waals surface area contributed by atoms with E-state index in [4.69, 9.17) is 9.47 Å². The van der Waals surface area contributed by atoms with Crippen LogP contribution in [-0.2, 0) is 28.9 Å². The molecule has 0 radical (unpaired) electrons. The van der Waals surface area contributed by atoms with Crippen LogP contribution in [0.25, 0.3) is 10.2 Å². The van der Waals surface area contributed by atoms with E-state index in [-0.39, 0.29) is 18.4 Å². The predicted octanol–water partition coefficient (Wildman–Crippen LogP) is 3.69. The Morgan fingerprint density at radius 1 is 1.24 bits per heavy atom. The molecule has 1 atom stereocenters. The van der Waals surface area contributed by atoms with Gasteiger partial charge in [-0.2, -0.15) is 0 Å². The Balaban J connectivity index is 1.40. The summed E-state index contributed by atoms with van der Waals surface area (Å²) >= 11 is 1.64. The van der Waals surface area contributed by atoms with Crippen LogP contribution in [0.2, 0.25) is 0 Å². The van der Waals surface area contributed by atoms with Crippen LogP contribution in [0.3, 0.4) is 0 Å². The third-order valence-electron chi connectivity index (χ3n) is 6.53. The quantitative estimate of drug-likeness (QED) is 0.433. The van der Waals surface area contributed by atoms with Gasteiger partial charge in [0.1, 0.15) is 29.3 Å². The third kappa shape index (κ3) is 5.22. The minimum atomic E-state index is -0.466. The van der Waals surface area contributed by atoms with Crippen LogP contribution in [0.15, 0.2) is 23.5 Å². The number of carbonyl (C=O) groups excluding carboxylic acids is 2. The molecule has 2 aliphatic rings. The van der Waals surface area contributed by atoms with E-state index in [1.807, 2.05) is 32.4 Å². The van der Waals surface area contributed by atoms with Crippen molar-refractivity contribution in [2.24, 2.45) is 10.9 Å². The second-order valence-electron chi connectivity index (χ2n) is 9.22. The second kappa shape index (κ2) is 10.7. The molecule has 11 heteroatoms. The van der Waals surface area contributed by atoms with Gasteiger partial charge in [0.25, 0.3) is 0 Å². The first-order valence-electron chi connectivity index (χ1n) is 12.4. The summed E-state index contributed by atoms with van der Waals surface area (Å²) in [4.78, 5) is 41.4. The number of benzene rings is 1. The molecule has 0 saturated heterocycles. The first-order chi connectivity index (χ1) is 17.9. The standard InChI is InChI=1S/C26H30N6O4S/c1-4-35-26(34)28-7-8-36-20-10-17-13-27-12-16(17)9-19(20)31-23-22-18-6-5-15(25(33)32(2)3)11-21(18)37-24(22)30-14-29-23/h9-10,12,14-15H,4-8,11,13H2,1-3H3,(H,28,34)(H,29,30,31)/t15-/m0/s1. The van der Waals surface area contributed by atoms with E-state index in [0.717, 1.165) is 46.3 Å².